The van der Waals surface area contributed by atoms with Crippen molar-refractivity contribution in [2.24, 2.45) is 0 Å². The predicted octanol–water partition coefficient (Wildman–Crippen LogP) is 15.1. The summed E-state index contributed by atoms with van der Waals surface area (Å²) in [5, 5.41) is 0. The summed E-state index contributed by atoms with van der Waals surface area (Å²) in [6.45, 7) is 7.45. The summed E-state index contributed by atoms with van der Waals surface area (Å²) in [5.74, 6) is -0.568. The van der Waals surface area contributed by atoms with E-state index in [1.165, 1.54) is 70.6 Å². The standard InChI is InChI=1S/C51H84O5/c1-4-7-10-13-16-19-22-24-26-27-30-32-35-38-41-44-50(52)55-48-49(56-51(53)45-42-39-36-33-29-21-18-15-12-9-6-3)47-54-46-43-40-37-34-31-28-25-23-20-17-14-11-8-5-2/h7,10-11,14-16,18-20,23-24,26,30,32,38,41,49H,4-6,8-9,12-13,17,21-22,25,27-29,31,33-37,39-40,42-48H2,1-3H3/b10-7-,14-11-,18-15-,19-16-,23-20-,26-24-,32-30-,41-38-. The number of hydrogen-bond donors (Lipinski definition) is 0. The zero-order valence-electron chi connectivity index (χ0n) is 36.4. The van der Waals surface area contributed by atoms with Crippen LogP contribution in [0.2, 0.25) is 0 Å². The van der Waals surface area contributed by atoms with E-state index >= 15 is 0 Å². The minimum absolute atomic E-state index is 0.0184. The molecule has 0 saturated heterocycles. The first-order chi connectivity index (χ1) is 27.6. The number of unbranched alkanes of at least 4 members (excludes halogenated alkanes) is 14. The molecule has 0 amide bonds. The molecule has 0 heterocycles. The van der Waals surface area contributed by atoms with Gasteiger partial charge in [-0.15, -0.1) is 0 Å². The molecule has 0 aromatic heterocycles. The maximum Gasteiger partial charge on any atom is 0.309 e. The fourth-order valence-corrected chi connectivity index (χ4v) is 5.72. The first kappa shape index (κ1) is 52.8. The highest BCUT2D eigenvalue weighted by Crippen LogP contribution is 2.11. The lowest BCUT2D eigenvalue weighted by atomic mass is 10.1. The summed E-state index contributed by atoms with van der Waals surface area (Å²) in [4.78, 5) is 25.2. The lowest BCUT2D eigenvalue weighted by Crippen LogP contribution is -2.30. The Morgan fingerprint density at radius 3 is 1.46 bits per heavy atom. The van der Waals surface area contributed by atoms with Crippen LogP contribution in [0.1, 0.15) is 188 Å². The molecule has 0 radical (unpaired) electrons. The molecule has 318 valence electrons. The van der Waals surface area contributed by atoms with Gasteiger partial charge in [0.2, 0.25) is 0 Å². The second kappa shape index (κ2) is 46.2. The van der Waals surface area contributed by atoms with Gasteiger partial charge in [-0.1, -0.05) is 182 Å². The third kappa shape index (κ3) is 43.5. The molecule has 0 N–H and O–H groups in total. The Morgan fingerprint density at radius 2 is 0.893 bits per heavy atom. The van der Waals surface area contributed by atoms with Gasteiger partial charge in [-0.25, -0.2) is 0 Å². The van der Waals surface area contributed by atoms with Crippen LogP contribution in [0, 0.1) is 0 Å². The van der Waals surface area contributed by atoms with Crippen LogP contribution >= 0.6 is 0 Å². The van der Waals surface area contributed by atoms with Crippen LogP contribution in [-0.4, -0.2) is 37.9 Å². The summed E-state index contributed by atoms with van der Waals surface area (Å²) in [5.41, 5.74) is 0. The average Bonchev–Trinajstić information content (AvgIpc) is 3.20. The molecule has 1 unspecified atom stereocenters. The van der Waals surface area contributed by atoms with Gasteiger partial charge >= 0.3 is 11.9 Å². The molecule has 0 saturated carbocycles. The molecule has 0 aliphatic rings. The van der Waals surface area contributed by atoms with Gasteiger partial charge in [0.1, 0.15) is 6.61 Å². The van der Waals surface area contributed by atoms with E-state index in [4.69, 9.17) is 14.2 Å². The molecule has 0 fully saturated rings. The van der Waals surface area contributed by atoms with E-state index in [1.807, 2.05) is 12.2 Å². The van der Waals surface area contributed by atoms with Crippen molar-refractivity contribution in [1.29, 1.82) is 0 Å². The first-order valence-corrected chi connectivity index (χ1v) is 22.8. The van der Waals surface area contributed by atoms with Crippen LogP contribution in [0.3, 0.4) is 0 Å². The topological polar surface area (TPSA) is 61.8 Å². The smallest absolute Gasteiger partial charge is 0.309 e. The summed E-state index contributed by atoms with van der Waals surface area (Å²) in [6.07, 6.45) is 61.4. The van der Waals surface area contributed by atoms with Crippen LogP contribution in [-0.2, 0) is 23.8 Å². The van der Waals surface area contributed by atoms with Gasteiger partial charge in [-0.3, -0.25) is 9.59 Å². The lowest BCUT2D eigenvalue weighted by molar-refractivity contribution is -0.162. The number of carbonyl (C=O) groups is 2. The Kier molecular flexibility index (Phi) is 43.6. The van der Waals surface area contributed by atoms with Crippen molar-refractivity contribution in [1.82, 2.24) is 0 Å². The molecular weight excluding hydrogens is 693 g/mol. The molecule has 0 aliphatic heterocycles. The van der Waals surface area contributed by atoms with Crippen molar-refractivity contribution in [3.05, 3.63) is 97.2 Å². The zero-order valence-corrected chi connectivity index (χ0v) is 36.4. The van der Waals surface area contributed by atoms with Crippen LogP contribution in [0.25, 0.3) is 0 Å². The number of ether oxygens (including phenoxy) is 3. The van der Waals surface area contributed by atoms with Gasteiger partial charge in [-0.05, 0) is 89.9 Å². The number of esters is 2. The normalized spacial score (nSPS) is 13.1. The predicted molar refractivity (Wildman–Crippen MR) is 242 cm³/mol. The summed E-state index contributed by atoms with van der Waals surface area (Å²) < 4.78 is 17.2. The largest absolute Gasteiger partial charge is 0.461 e. The highest BCUT2D eigenvalue weighted by molar-refractivity contribution is 5.71. The van der Waals surface area contributed by atoms with Gasteiger partial charge in [-0.2, -0.15) is 0 Å². The van der Waals surface area contributed by atoms with Crippen LogP contribution in [0.15, 0.2) is 97.2 Å². The van der Waals surface area contributed by atoms with Gasteiger partial charge in [0.05, 0.1) is 13.0 Å². The fraction of sp³-hybridized carbons (Fsp3) is 0.647. The van der Waals surface area contributed by atoms with E-state index in [0.29, 0.717) is 13.0 Å². The molecule has 0 spiro atoms. The number of allylic oxidation sites excluding steroid dienone is 15. The van der Waals surface area contributed by atoms with E-state index in [1.54, 1.807) is 0 Å². The average molecular weight is 777 g/mol. The van der Waals surface area contributed by atoms with E-state index in [0.717, 1.165) is 83.5 Å². The third-order valence-electron chi connectivity index (χ3n) is 9.09. The Hall–Kier alpha value is -3.18. The molecule has 56 heavy (non-hydrogen) atoms. The van der Waals surface area contributed by atoms with Gasteiger partial charge in [0.15, 0.2) is 6.10 Å². The maximum atomic E-state index is 12.7. The quantitative estimate of drug-likeness (QED) is 0.0352. The molecule has 0 aliphatic carbocycles. The Balaban J connectivity index is 4.43. The van der Waals surface area contributed by atoms with Crippen LogP contribution in [0.5, 0.6) is 0 Å². The van der Waals surface area contributed by atoms with Crippen LogP contribution < -0.4 is 0 Å². The zero-order chi connectivity index (χ0) is 40.7. The molecular formula is C51H84O5. The fourth-order valence-electron chi connectivity index (χ4n) is 5.72. The second-order valence-electron chi connectivity index (χ2n) is 14.6. The first-order valence-electron chi connectivity index (χ1n) is 22.8. The molecule has 5 nitrogen and oxygen atoms in total. The minimum Gasteiger partial charge on any atom is -0.461 e. The molecule has 5 heteroatoms. The van der Waals surface area contributed by atoms with Gasteiger partial charge in [0.25, 0.3) is 0 Å². The van der Waals surface area contributed by atoms with Crippen molar-refractivity contribution in [2.75, 3.05) is 19.8 Å². The molecule has 0 rings (SSSR count). The van der Waals surface area contributed by atoms with Crippen molar-refractivity contribution in [3.8, 4) is 0 Å². The summed E-state index contributed by atoms with van der Waals surface area (Å²) >= 11 is 0. The number of rotatable bonds is 40. The Morgan fingerprint density at radius 1 is 0.429 bits per heavy atom. The van der Waals surface area contributed by atoms with Crippen molar-refractivity contribution >= 4 is 11.9 Å². The lowest BCUT2D eigenvalue weighted by Gasteiger charge is -2.18. The minimum atomic E-state index is -0.588. The molecule has 0 aromatic carbocycles. The van der Waals surface area contributed by atoms with E-state index in [-0.39, 0.29) is 31.6 Å². The highest BCUT2D eigenvalue weighted by atomic mass is 16.6. The Labute approximate surface area is 345 Å². The van der Waals surface area contributed by atoms with E-state index < -0.39 is 6.10 Å². The highest BCUT2D eigenvalue weighted by Gasteiger charge is 2.17. The number of carbonyl (C=O) groups excluding carboxylic acids is 2. The molecule has 0 aromatic rings. The second-order valence-corrected chi connectivity index (χ2v) is 14.6. The molecule has 1 atom stereocenters. The monoisotopic (exact) mass is 777 g/mol. The Bertz CT molecular complexity index is 1110. The van der Waals surface area contributed by atoms with Crippen molar-refractivity contribution in [2.45, 2.75) is 194 Å². The van der Waals surface area contributed by atoms with E-state index in [2.05, 4.69) is 106 Å². The van der Waals surface area contributed by atoms with Crippen molar-refractivity contribution in [3.63, 3.8) is 0 Å². The van der Waals surface area contributed by atoms with Crippen molar-refractivity contribution < 1.29 is 23.8 Å². The maximum absolute atomic E-state index is 12.7. The van der Waals surface area contributed by atoms with E-state index in [9.17, 15) is 9.59 Å². The van der Waals surface area contributed by atoms with Gasteiger partial charge in [0, 0.05) is 13.0 Å². The molecule has 0 bridgehead atoms. The van der Waals surface area contributed by atoms with Gasteiger partial charge < -0.3 is 14.2 Å². The van der Waals surface area contributed by atoms with Crippen LogP contribution in [0.4, 0.5) is 0 Å². The third-order valence-corrected chi connectivity index (χ3v) is 9.09. The SMILES string of the molecule is CC/C=C\C/C=C\C/C=C\C/C=C\C/C=C\CC(=O)OCC(COCCCCCCCC/C=C\C/C=C\CCC)OC(=O)CCCCCCC/C=C\CCCC. The number of hydrogen-bond acceptors (Lipinski definition) is 5. The summed E-state index contributed by atoms with van der Waals surface area (Å²) in [6, 6.07) is 0. The summed E-state index contributed by atoms with van der Waals surface area (Å²) in [7, 11) is 0.